The first-order chi connectivity index (χ1) is 10.6. The fourth-order valence-corrected chi connectivity index (χ4v) is 2.73. The molecule has 1 amide bonds. The highest BCUT2D eigenvalue weighted by Crippen LogP contribution is 2.20. The summed E-state index contributed by atoms with van der Waals surface area (Å²) < 4.78 is 10.8. The third-order valence-corrected chi connectivity index (χ3v) is 4.14. The quantitative estimate of drug-likeness (QED) is 0.823. The highest BCUT2D eigenvalue weighted by molar-refractivity contribution is 5.85. The molecular formula is C17H27ClN2O3. The second-order valence-corrected chi connectivity index (χ2v) is 5.77. The van der Waals surface area contributed by atoms with Crippen LogP contribution >= 0.6 is 12.4 Å². The van der Waals surface area contributed by atoms with Crippen molar-refractivity contribution in [2.24, 2.45) is 5.73 Å². The third kappa shape index (κ3) is 5.68. The molecule has 1 aromatic carbocycles. The Kier molecular flexibility index (Phi) is 8.37. The van der Waals surface area contributed by atoms with Crippen molar-refractivity contribution in [2.75, 3.05) is 27.2 Å². The van der Waals surface area contributed by atoms with Crippen LogP contribution in [0.4, 0.5) is 0 Å². The molecule has 0 spiro atoms. The van der Waals surface area contributed by atoms with E-state index in [2.05, 4.69) is 12.1 Å². The number of ether oxygens (including phenoxy) is 2. The maximum absolute atomic E-state index is 12.3. The van der Waals surface area contributed by atoms with E-state index in [4.69, 9.17) is 15.2 Å². The molecule has 0 bridgehead atoms. The summed E-state index contributed by atoms with van der Waals surface area (Å²) in [5.74, 6) is 0.939. The Morgan fingerprint density at radius 3 is 2.61 bits per heavy atom. The molecule has 0 unspecified atom stereocenters. The molecule has 0 radical (unpaired) electrons. The zero-order valence-electron chi connectivity index (χ0n) is 13.9. The number of halogens is 1. The van der Waals surface area contributed by atoms with Crippen LogP contribution in [0.1, 0.15) is 24.8 Å². The lowest BCUT2D eigenvalue weighted by Gasteiger charge is -2.21. The van der Waals surface area contributed by atoms with Gasteiger partial charge < -0.3 is 20.1 Å². The summed E-state index contributed by atoms with van der Waals surface area (Å²) in [6.07, 6.45) is 3.28. The van der Waals surface area contributed by atoms with Crippen LogP contribution in [0.15, 0.2) is 24.3 Å². The monoisotopic (exact) mass is 342 g/mol. The molecule has 130 valence electrons. The van der Waals surface area contributed by atoms with E-state index in [1.54, 1.807) is 12.0 Å². The van der Waals surface area contributed by atoms with Gasteiger partial charge in [-0.05, 0) is 43.4 Å². The number of aryl methyl sites for hydroxylation is 1. The van der Waals surface area contributed by atoms with Crippen molar-refractivity contribution in [3.63, 3.8) is 0 Å². The van der Waals surface area contributed by atoms with Crippen LogP contribution in [-0.4, -0.2) is 50.3 Å². The molecule has 2 atom stereocenters. The Morgan fingerprint density at radius 2 is 2.04 bits per heavy atom. The van der Waals surface area contributed by atoms with Gasteiger partial charge in [-0.2, -0.15) is 0 Å². The number of methoxy groups -OCH3 is 1. The summed E-state index contributed by atoms with van der Waals surface area (Å²) >= 11 is 0. The molecule has 1 aliphatic heterocycles. The minimum atomic E-state index is -0.306. The maximum atomic E-state index is 12.3. The lowest BCUT2D eigenvalue weighted by molar-refractivity contribution is -0.141. The minimum absolute atomic E-state index is 0. The molecule has 1 aliphatic rings. The van der Waals surface area contributed by atoms with Crippen LogP contribution < -0.4 is 10.5 Å². The predicted molar refractivity (Wildman–Crippen MR) is 93.1 cm³/mol. The second-order valence-electron chi connectivity index (χ2n) is 5.77. The molecule has 23 heavy (non-hydrogen) atoms. The molecule has 1 heterocycles. The van der Waals surface area contributed by atoms with E-state index in [0.717, 1.165) is 38.0 Å². The largest absolute Gasteiger partial charge is 0.497 e. The van der Waals surface area contributed by atoms with E-state index in [-0.39, 0.29) is 30.5 Å². The van der Waals surface area contributed by atoms with Crippen LogP contribution in [0.2, 0.25) is 0 Å². The van der Waals surface area contributed by atoms with Crippen molar-refractivity contribution in [2.45, 2.75) is 37.9 Å². The molecule has 0 aliphatic carbocycles. The van der Waals surface area contributed by atoms with E-state index in [1.165, 1.54) is 5.56 Å². The number of carbonyl (C=O) groups excluding carboxylic acids is 1. The Labute approximate surface area is 144 Å². The van der Waals surface area contributed by atoms with Crippen LogP contribution in [0.3, 0.4) is 0 Å². The number of amides is 1. The number of benzene rings is 1. The summed E-state index contributed by atoms with van der Waals surface area (Å²) in [7, 11) is 3.51. The fourth-order valence-electron chi connectivity index (χ4n) is 2.73. The third-order valence-electron chi connectivity index (χ3n) is 4.14. The molecule has 2 N–H and O–H groups in total. The van der Waals surface area contributed by atoms with E-state index >= 15 is 0 Å². The van der Waals surface area contributed by atoms with Gasteiger partial charge in [0.1, 0.15) is 11.9 Å². The van der Waals surface area contributed by atoms with Crippen molar-refractivity contribution in [1.29, 1.82) is 0 Å². The Balaban J connectivity index is 0.00000264. The molecule has 0 aromatic heterocycles. The van der Waals surface area contributed by atoms with Gasteiger partial charge in [-0.15, -0.1) is 12.4 Å². The zero-order chi connectivity index (χ0) is 15.9. The van der Waals surface area contributed by atoms with Gasteiger partial charge in [0.25, 0.3) is 5.91 Å². The smallest absolute Gasteiger partial charge is 0.251 e. The van der Waals surface area contributed by atoms with Crippen LogP contribution in [-0.2, 0) is 16.0 Å². The number of hydrogen-bond donors (Lipinski definition) is 1. The molecular weight excluding hydrogens is 316 g/mol. The number of rotatable bonds is 7. The van der Waals surface area contributed by atoms with Crippen molar-refractivity contribution < 1.29 is 14.3 Å². The van der Waals surface area contributed by atoms with E-state index in [0.29, 0.717) is 6.54 Å². The molecule has 0 saturated carbocycles. The van der Waals surface area contributed by atoms with Gasteiger partial charge in [0.05, 0.1) is 13.2 Å². The lowest BCUT2D eigenvalue weighted by atomic mass is 10.1. The van der Waals surface area contributed by atoms with E-state index in [9.17, 15) is 4.79 Å². The average Bonchev–Trinajstić information content (AvgIpc) is 3.03. The highest BCUT2D eigenvalue weighted by atomic mass is 35.5. The molecule has 1 saturated heterocycles. The van der Waals surface area contributed by atoms with Crippen molar-refractivity contribution in [3.05, 3.63) is 29.8 Å². The fraction of sp³-hybridized carbons (Fsp3) is 0.588. The SMILES string of the molecule is COc1ccc(CCCN(C)C(=O)[C@@H]2CC[C@H](CN)O2)cc1.Cl. The predicted octanol–water partition coefficient (Wildman–Crippen LogP) is 2.01. The van der Waals surface area contributed by atoms with Crippen molar-refractivity contribution >= 4 is 18.3 Å². The molecule has 6 heteroatoms. The summed E-state index contributed by atoms with van der Waals surface area (Å²) in [5, 5.41) is 0. The van der Waals surface area contributed by atoms with Crippen LogP contribution in [0, 0.1) is 0 Å². The first-order valence-corrected chi connectivity index (χ1v) is 7.87. The summed E-state index contributed by atoms with van der Waals surface area (Å²) in [4.78, 5) is 14.0. The Bertz CT molecular complexity index is 481. The lowest BCUT2D eigenvalue weighted by Crippen LogP contribution is -2.37. The zero-order valence-corrected chi connectivity index (χ0v) is 14.7. The molecule has 1 aromatic rings. The summed E-state index contributed by atoms with van der Waals surface area (Å²) in [6, 6.07) is 8.05. The topological polar surface area (TPSA) is 64.8 Å². The number of nitrogens with zero attached hydrogens (tertiary/aromatic N) is 1. The van der Waals surface area contributed by atoms with Gasteiger partial charge in [-0.25, -0.2) is 0 Å². The van der Waals surface area contributed by atoms with Gasteiger partial charge in [-0.3, -0.25) is 4.79 Å². The van der Waals surface area contributed by atoms with Gasteiger partial charge in [0.15, 0.2) is 0 Å². The molecule has 5 nitrogen and oxygen atoms in total. The Morgan fingerprint density at radius 1 is 1.35 bits per heavy atom. The average molecular weight is 343 g/mol. The Hall–Kier alpha value is -1.30. The van der Waals surface area contributed by atoms with Gasteiger partial charge in [0.2, 0.25) is 0 Å². The van der Waals surface area contributed by atoms with E-state index in [1.807, 2.05) is 19.2 Å². The number of hydrogen-bond acceptors (Lipinski definition) is 4. The number of carbonyl (C=O) groups is 1. The number of nitrogens with two attached hydrogens (primary N) is 1. The maximum Gasteiger partial charge on any atom is 0.251 e. The standard InChI is InChI=1S/C17H26N2O3.ClH/c1-19(17(20)16-10-9-15(12-18)22-16)11-3-4-13-5-7-14(21-2)8-6-13;/h5-8,15-16H,3-4,9-12,18H2,1-2H3;1H/t15-,16+;/m1./s1. The number of likely N-dealkylation sites (N-methyl/N-ethyl adjacent to an activating group) is 1. The summed E-state index contributed by atoms with van der Waals surface area (Å²) in [5.41, 5.74) is 6.83. The normalized spacial score (nSPS) is 20.0. The second kappa shape index (κ2) is 9.75. The van der Waals surface area contributed by atoms with Gasteiger partial charge in [-0.1, -0.05) is 12.1 Å². The summed E-state index contributed by atoms with van der Waals surface area (Å²) in [6.45, 7) is 1.23. The van der Waals surface area contributed by atoms with Gasteiger partial charge >= 0.3 is 0 Å². The van der Waals surface area contributed by atoms with Crippen molar-refractivity contribution in [1.82, 2.24) is 4.90 Å². The van der Waals surface area contributed by atoms with Crippen LogP contribution in [0.5, 0.6) is 5.75 Å². The first kappa shape index (κ1) is 19.7. The van der Waals surface area contributed by atoms with E-state index < -0.39 is 0 Å². The first-order valence-electron chi connectivity index (χ1n) is 7.87. The van der Waals surface area contributed by atoms with Gasteiger partial charge in [0, 0.05) is 20.1 Å². The van der Waals surface area contributed by atoms with Crippen LogP contribution in [0.25, 0.3) is 0 Å². The highest BCUT2D eigenvalue weighted by Gasteiger charge is 2.31. The molecule has 2 rings (SSSR count). The minimum Gasteiger partial charge on any atom is -0.497 e. The van der Waals surface area contributed by atoms with Crippen molar-refractivity contribution in [3.8, 4) is 5.75 Å². The molecule has 1 fully saturated rings.